The van der Waals surface area contributed by atoms with Crippen molar-refractivity contribution in [1.82, 2.24) is 0 Å². The number of hydrogen-bond acceptors (Lipinski definition) is 3. The topological polar surface area (TPSA) is 55.1 Å². The minimum Gasteiger partial charge on any atom is -0.399 e. The van der Waals surface area contributed by atoms with E-state index in [1.807, 2.05) is 18.2 Å². The van der Waals surface area contributed by atoms with Crippen LogP contribution in [0.25, 0.3) is 0 Å². The first-order valence-corrected chi connectivity index (χ1v) is 4.67. The molecule has 1 aliphatic rings. The largest absolute Gasteiger partial charge is 0.399 e. The first-order chi connectivity index (χ1) is 6.55. The number of aldehydes is 1. The van der Waals surface area contributed by atoms with E-state index in [4.69, 9.17) is 5.73 Å². The van der Waals surface area contributed by atoms with E-state index in [1.54, 1.807) is 0 Å². The zero-order valence-electron chi connectivity index (χ0n) is 8.37. The van der Waals surface area contributed by atoms with Crippen molar-refractivity contribution in [3.63, 3.8) is 0 Å². The van der Waals surface area contributed by atoms with Gasteiger partial charge in [0.05, 0.1) is 6.04 Å². The lowest BCUT2D eigenvalue weighted by Gasteiger charge is -2.22. The minimum atomic E-state index is -0.153. The Labute approximate surface area is 83.3 Å². The van der Waals surface area contributed by atoms with Crippen LogP contribution in [0.15, 0.2) is 18.2 Å². The van der Waals surface area contributed by atoms with Crippen molar-refractivity contribution in [1.29, 1.82) is 0 Å². The van der Waals surface area contributed by atoms with Crippen molar-refractivity contribution in [3.05, 3.63) is 23.8 Å². The summed E-state index contributed by atoms with van der Waals surface area (Å²) in [6, 6.07) is 5.58. The zero-order valence-corrected chi connectivity index (χ0v) is 8.37. The molecule has 1 aromatic rings. The average molecular weight is 190 g/mol. The Balaban J connectivity index is 2.53. The Morgan fingerprint density at radius 1 is 1.50 bits per heavy atom. The summed E-state index contributed by atoms with van der Waals surface area (Å²) < 4.78 is 0. The zero-order chi connectivity index (χ0) is 10.3. The number of hydrogen-bond donors (Lipinski definition) is 2. The molecular formula is C11H14N2O. The molecule has 3 nitrogen and oxygen atoms in total. The molecular weight excluding hydrogens is 176 g/mol. The predicted molar refractivity (Wildman–Crippen MR) is 57.4 cm³/mol. The first-order valence-electron chi connectivity index (χ1n) is 4.67. The van der Waals surface area contributed by atoms with Crippen LogP contribution in [0.5, 0.6) is 0 Å². The van der Waals surface area contributed by atoms with Gasteiger partial charge in [-0.1, -0.05) is 19.9 Å². The standard InChI is InChI=1S/C11H14N2O/c1-11(2)8-4-3-7(12)5-9(8)13-10(11)6-14/h3-6,10,13H,12H2,1-2H3. The number of benzene rings is 1. The molecule has 74 valence electrons. The van der Waals surface area contributed by atoms with Crippen LogP contribution in [0.3, 0.4) is 0 Å². The molecule has 0 bridgehead atoms. The van der Waals surface area contributed by atoms with Crippen LogP contribution in [0, 0.1) is 0 Å². The molecule has 14 heavy (non-hydrogen) atoms. The second kappa shape index (κ2) is 2.74. The van der Waals surface area contributed by atoms with Gasteiger partial charge in [-0.05, 0) is 17.7 Å². The van der Waals surface area contributed by atoms with Gasteiger partial charge in [0.25, 0.3) is 0 Å². The predicted octanol–water partition coefficient (Wildman–Crippen LogP) is 1.54. The van der Waals surface area contributed by atoms with Crippen molar-refractivity contribution in [3.8, 4) is 0 Å². The highest BCUT2D eigenvalue weighted by atomic mass is 16.1. The molecule has 2 rings (SSSR count). The highest BCUT2D eigenvalue weighted by molar-refractivity contribution is 5.77. The van der Waals surface area contributed by atoms with E-state index < -0.39 is 0 Å². The fourth-order valence-electron chi connectivity index (χ4n) is 1.96. The fourth-order valence-corrected chi connectivity index (χ4v) is 1.96. The SMILES string of the molecule is CC1(C)c2ccc(N)cc2NC1C=O. The second-order valence-electron chi connectivity index (χ2n) is 4.28. The van der Waals surface area contributed by atoms with Crippen LogP contribution >= 0.6 is 0 Å². The van der Waals surface area contributed by atoms with Crippen molar-refractivity contribution < 1.29 is 4.79 Å². The second-order valence-corrected chi connectivity index (χ2v) is 4.28. The van der Waals surface area contributed by atoms with E-state index in [2.05, 4.69) is 19.2 Å². The summed E-state index contributed by atoms with van der Waals surface area (Å²) in [5.74, 6) is 0. The van der Waals surface area contributed by atoms with Crippen LogP contribution < -0.4 is 11.1 Å². The molecule has 3 heteroatoms. The van der Waals surface area contributed by atoms with Crippen molar-refractivity contribution in [2.24, 2.45) is 0 Å². The normalized spacial score (nSPS) is 22.6. The quantitative estimate of drug-likeness (QED) is 0.521. The van der Waals surface area contributed by atoms with Crippen molar-refractivity contribution >= 4 is 17.7 Å². The van der Waals surface area contributed by atoms with E-state index in [0.717, 1.165) is 23.2 Å². The van der Waals surface area contributed by atoms with Gasteiger partial charge < -0.3 is 15.8 Å². The maximum atomic E-state index is 10.9. The number of nitrogen functional groups attached to an aromatic ring is 1. The van der Waals surface area contributed by atoms with Gasteiger partial charge in [-0.15, -0.1) is 0 Å². The Hall–Kier alpha value is -1.51. The average Bonchev–Trinajstić information content (AvgIpc) is 2.37. The van der Waals surface area contributed by atoms with Crippen LogP contribution in [0.4, 0.5) is 11.4 Å². The maximum absolute atomic E-state index is 10.9. The molecule has 3 N–H and O–H groups in total. The third kappa shape index (κ3) is 1.09. The number of nitrogens with two attached hydrogens (primary N) is 1. The smallest absolute Gasteiger partial charge is 0.143 e. The van der Waals surface area contributed by atoms with Crippen molar-refractivity contribution in [2.45, 2.75) is 25.3 Å². The Morgan fingerprint density at radius 3 is 2.86 bits per heavy atom. The van der Waals surface area contributed by atoms with Gasteiger partial charge in [0.15, 0.2) is 0 Å². The van der Waals surface area contributed by atoms with E-state index in [1.165, 1.54) is 0 Å². The number of nitrogens with one attached hydrogen (secondary N) is 1. The molecule has 0 aliphatic carbocycles. The molecule has 1 atom stereocenters. The summed E-state index contributed by atoms with van der Waals surface area (Å²) in [7, 11) is 0. The van der Waals surface area contributed by atoms with Crippen LogP contribution in [-0.4, -0.2) is 12.3 Å². The van der Waals surface area contributed by atoms with Crippen LogP contribution in [0.1, 0.15) is 19.4 Å². The summed E-state index contributed by atoms with van der Waals surface area (Å²) in [5.41, 5.74) is 8.39. The minimum absolute atomic E-state index is 0.148. The van der Waals surface area contributed by atoms with E-state index in [-0.39, 0.29) is 11.5 Å². The van der Waals surface area contributed by atoms with E-state index in [9.17, 15) is 4.79 Å². The summed E-state index contributed by atoms with van der Waals surface area (Å²) in [5, 5.41) is 3.17. The molecule has 1 aromatic carbocycles. The van der Waals surface area contributed by atoms with Gasteiger partial charge in [0.1, 0.15) is 6.29 Å². The van der Waals surface area contributed by atoms with Crippen molar-refractivity contribution in [2.75, 3.05) is 11.1 Å². The molecule has 0 fully saturated rings. The first kappa shape index (κ1) is 9.06. The molecule has 0 spiro atoms. The number of carbonyl (C=O) groups is 1. The lowest BCUT2D eigenvalue weighted by Crippen LogP contribution is -2.34. The number of carbonyl (C=O) groups excluding carboxylic acids is 1. The van der Waals surface area contributed by atoms with Gasteiger partial charge >= 0.3 is 0 Å². The number of rotatable bonds is 1. The molecule has 0 saturated carbocycles. The molecule has 0 amide bonds. The summed E-state index contributed by atoms with van der Waals surface area (Å²) in [6.07, 6.45) is 0.955. The third-order valence-electron chi connectivity index (χ3n) is 2.96. The molecule has 0 saturated heterocycles. The van der Waals surface area contributed by atoms with Crippen LogP contribution in [-0.2, 0) is 10.2 Å². The van der Waals surface area contributed by atoms with Gasteiger partial charge in [-0.25, -0.2) is 0 Å². The van der Waals surface area contributed by atoms with Crippen LogP contribution in [0.2, 0.25) is 0 Å². The summed E-state index contributed by atoms with van der Waals surface area (Å²) in [4.78, 5) is 10.9. The van der Waals surface area contributed by atoms with Gasteiger partial charge in [0, 0.05) is 16.8 Å². The molecule has 1 heterocycles. The highest BCUT2D eigenvalue weighted by Gasteiger charge is 2.38. The third-order valence-corrected chi connectivity index (χ3v) is 2.96. The van der Waals surface area contributed by atoms with E-state index in [0.29, 0.717) is 0 Å². The Kier molecular flexibility index (Phi) is 1.77. The lowest BCUT2D eigenvalue weighted by molar-refractivity contribution is -0.109. The number of fused-ring (bicyclic) bond motifs is 1. The summed E-state index contributed by atoms with van der Waals surface area (Å²) >= 11 is 0. The Bertz CT molecular complexity index is 385. The van der Waals surface area contributed by atoms with Gasteiger partial charge in [-0.2, -0.15) is 0 Å². The summed E-state index contributed by atoms with van der Waals surface area (Å²) in [6.45, 7) is 4.11. The number of anilines is 2. The van der Waals surface area contributed by atoms with Gasteiger partial charge in [-0.3, -0.25) is 0 Å². The molecule has 0 radical (unpaired) electrons. The highest BCUT2D eigenvalue weighted by Crippen LogP contribution is 2.40. The van der Waals surface area contributed by atoms with E-state index >= 15 is 0 Å². The maximum Gasteiger partial charge on any atom is 0.143 e. The molecule has 1 aliphatic heterocycles. The Morgan fingerprint density at radius 2 is 2.21 bits per heavy atom. The molecule has 1 unspecified atom stereocenters. The lowest BCUT2D eigenvalue weighted by atomic mass is 9.81. The monoisotopic (exact) mass is 190 g/mol. The fraction of sp³-hybridized carbons (Fsp3) is 0.364. The van der Waals surface area contributed by atoms with Gasteiger partial charge in [0.2, 0.25) is 0 Å². The molecule has 0 aromatic heterocycles.